The Balaban J connectivity index is 3.22. The van der Waals surface area contributed by atoms with Gasteiger partial charge in [0.25, 0.3) is 0 Å². The molecular formula is C6H2Br2O3. The summed E-state index contributed by atoms with van der Waals surface area (Å²) in [4.78, 5) is 21.5. The van der Waals surface area contributed by atoms with Gasteiger partial charge in [-0.2, -0.15) is 0 Å². The second kappa shape index (κ2) is 2.91. The third-order valence-electron chi connectivity index (χ3n) is 1.12. The summed E-state index contributed by atoms with van der Waals surface area (Å²) in [5.74, 6) is -1.62. The molecule has 1 aliphatic rings. The fourth-order valence-corrected chi connectivity index (χ4v) is 1.65. The van der Waals surface area contributed by atoms with E-state index in [4.69, 9.17) is 5.11 Å². The second-order valence-corrected chi connectivity index (χ2v) is 3.50. The highest BCUT2D eigenvalue weighted by Gasteiger charge is 2.25. The van der Waals surface area contributed by atoms with Crippen molar-refractivity contribution in [3.63, 3.8) is 0 Å². The molecule has 3 nitrogen and oxygen atoms in total. The molecule has 0 saturated carbocycles. The summed E-state index contributed by atoms with van der Waals surface area (Å²) in [5.41, 5.74) is 0. The van der Waals surface area contributed by atoms with Crippen molar-refractivity contribution in [2.75, 3.05) is 0 Å². The topological polar surface area (TPSA) is 54.4 Å². The summed E-state index contributed by atoms with van der Waals surface area (Å²) in [6.07, 6.45) is 1.03. The normalized spacial score (nSPS) is 18.9. The first-order valence-corrected chi connectivity index (χ1v) is 4.17. The van der Waals surface area contributed by atoms with Crippen molar-refractivity contribution in [2.24, 2.45) is 0 Å². The Kier molecular flexibility index (Phi) is 2.29. The van der Waals surface area contributed by atoms with Crippen LogP contribution in [0.2, 0.25) is 0 Å². The number of carbonyl (C=O) groups is 2. The third kappa shape index (κ3) is 1.44. The molecule has 0 bridgehead atoms. The van der Waals surface area contributed by atoms with E-state index in [0.717, 1.165) is 6.08 Å². The van der Waals surface area contributed by atoms with Gasteiger partial charge in [0, 0.05) is 6.08 Å². The van der Waals surface area contributed by atoms with Gasteiger partial charge >= 0.3 is 0 Å². The molecule has 0 aromatic carbocycles. The first-order valence-electron chi connectivity index (χ1n) is 2.59. The number of hydrogen-bond acceptors (Lipinski definition) is 3. The Labute approximate surface area is 79.0 Å². The van der Waals surface area contributed by atoms with Crippen LogP contribution in [-0.4, -0.2) is 16.7 Å². The molecule has 0 atom stereocenters. The van der Waals surface area contributed by atoms with Crippen molar-refractivity contribution in [1.29, 1.82) is 0 Å². The molecule has 1 rings (SSSR count). The van der Waals surface area contributed by atoms with Gasteiger partial charge in [0.15, 0.2) is 0 Å². The highest BCUT2D eigenvalue weighted by molar-refractivity contribution is 9.12. The zero-order valence-corrected chi connectivity index (χ0v) is 8.27. The van der Waals surface area contributed by atoms with Gasteiger partial charge in [-0.3, -0.25) is 9.59 Å². The van der Waals surface area contributed by atoms with E-state index < -0.39 is 11.6 Å². The lowest BCUT2D eigenvalue weighted by molar-refractivity contribution is -0.131. The largest absolute Gasteiger partial charge is 0.505 e. The van der Waals surface area contributed by atoms with Crippen LogP contribution >= 0.6 is 31.9 Å². The monoisotopic (exact) mass is 280 g/mol. The van der Waals surface area contributed by atoms with E-state index >= 15 is 0 Å². The Hall–Kier alpha value is -0.420. The van der Waals surface area contributed by atoms with Crippen LogP contribution in [0.25, 0.3) is 0 Å². The van der Waals surface area contributed by atoms with Crippen LogP contribution in [0, 0.1) is 0 Å². The first-order chi connectivity index (χ1) is 5.04. The molecule has 0 saturated heterocycles. The van der Waals surface area contributed by atoms with Crippen molar-refractivity contribution in [1.82, 2.24) is 0 Å². The van der Waals surface area contributed by atoms with Crippen molar-refractivity contribution < 1.29 is 14.7 Å². The Morgan fingerprint density at radius 3 is 2.36 bits per heavy atom. The maximum absolute atomic E-state index is 10.8. The van der Waals surface area contributed by atoms with E-state index in [1.807, 2.05) is 0 Å². The fourth-order valence-electron chi connectivity index (χ4n) is 0.570. The molecule has 0 unspecified atom stereocenters. The Bertz CT molecular complexity index is 301. The van der Waals surface area contributed by atoms with Crippen LogP contribution < -0.4 is 0 Å². The summed E-state index contributed by atoms with van der Waals surface area (Å²) in [7, 11) is 0. The molecule has 5 heteroatoms. The maximum Gasteiger partial charge on any atom is 0.243 e. The standard InChI is InChI=1S/C6H2Br2O3/c7-2-1-3(9)6(11)4(8)5(2)10/h1,10H. The van der Waals surface area contributed by atoms with E-state index in [-0.39, 0.29) is 14.7 Å². The molecule has 11 heavy (non-hydrogen) atoms. The van der Waals surface area contributed by atoms with E-state index in [9.17, 15) is 9.59 Å². The van der Waals surface area contributed by atoms with Gasteiger partial charge < -0.3 is 5.11 Å². The molecule has 0 aliphatic heterocycles. The number of rotatable bonds is 0. The van der Waals surface area contributed by atoms with Gasteiger partial charge in [0.2, 0.25) is 11.6 Å². The van der Waals surface area contributed by atoms with Gasteiger partial charge in [-0.25, -0.2) is 0 Å². The van der Waals surface area contributed by atoms with E-state index in [1.165, 1.54) is 0 Å². The van der Waals surface area contributed by atoms with Crippen LogP contribution in [0.4, 0.5) is 0 Å². The van der Waals surface area contributed by atoms with Crippen LogP contribution in [0.1, 0.15) is 0 Å². The molecule has 0 aromatic heterocycles. The van der Waals surface area contributed by atoms with Gasteiger partial charge in [-0.1, -0.05) is 0 Å². The summed E-state index contributed by atoms with van der Waals surface area (Å²) in [6.45, 7) is 0. The molecule has 0 spiro atoms. The Morgan fingerprint density at radius 2 is 1.82 bits per heavy atom. The van der Waals surface area contributed by atoms with E-state index in [1.54, 1.807) is 0 Å². The molecule has 0 radical (unpaired) electrons. The molecule has 58 valence electrons. The number of carbonyl (C=O) groups excluding carboxylic acids is 2. The quantitative estimate of drug-likeness (QED) is 0.542. The minimum absolute atomic E-state index is 0.100. The average Bonchev–Trinajstić information content (AvgIpc) is 1.97. The molecule has 0 fully saturated rings. The lowest BCUT2D eigenvalue weighted by atomic mass is 10.1. The molecular weight excluding hydrogens is 280 g/mol. The van der Waals surface area contributed by atoms with Crippen molar-refractivity contribution in [2.45, 2.75) is 0 Å². The van der Waals surface area contributed by atoms with Gasteiger partial charge in [-0.05, 0) is 31.9 Å². The van der Waals surface area contributed by atoms with Crippen LogP contribution in [0.5, 0.6) is 0 Å². The lowest BCUT2D eigenvalue weighted by Crippen LogP contribution is -2.16. The average molecular weight is 282 g/mol. The second-order valence-electron chi connectivity index (χ2n) is 1.85. The SMILES string of the molecule is O=C1C=C(Br)C(O)=C(Br)C1=O. The summed E-state index contributed by atoms with van der Waals surface area (Å²) < 4.78 is 0.117. The smallest absolute Gasteiger partial charge is 0.243 e. The summed E-state index contributed by atoms with van der Waals surface area (Å²) in [6, 6.07) is 0. The van der Waals surface area contributed by atoms with Crippen LogP contribution in [0.3, 0.4) is 0 Å². The van der Waals surface area contributed by atoms with E-state index in [2.05, 4.69) is 31.9 Å². The van der Waals surface area contributed by atoms with Crippen LogP contribution in [-0.2, 0) is 9.59 Å². The minimum atomic E-state index is -0.731. The number of ketones is 2. The predicted molar refractivity (Wildman–Crippen MR) is 45.6 cm³/mol. The highest BCUT2D eigenvalue weighted by atomic mass is 79.9. The summed E-state index contributed by atoms with van der Waals surface area (Å²) in [5, 5.41) is 9.08. The number of hydrogen-bond donors (Lipinski definition) is 1. The van der Waals surface area contributed by atoms with Crippen molar-refractivity contribution >= 4 is 43.4 Å². The molecule has 0 aromatic rings. The third-order valence-corrected chi connectivity index (χ3v) is 2.46. The molecule has 0 heterocycles. The Morgan fingerprint density at radius 1 is 1.27 bits per heavy atom. The highest BCUT2D eigenvalue weighted by Crippen LogP contribution is 2.26. The first kappa shape index (κ1) is 8.67. The van der Waals surface area contributed by atoms with E-state index in [0.29, 0.717) is 0 Å². The van der Waals surface area contributed by atoms with Gasteiger partial charge in [-0.15, -0.1) is 0 Å². The lowest BCUT2D eigenvalue weighted by Gasteiger charge is -2.05. The minimum Gasteiger partial charge on any atom is -0.505 e. The fraction of sp³-hybridized carbons (Fsp3) is 0. The number of aliphatic hydroxyl groups is 1. The summed E-state index contributed by atoms with van der Waals surface area (Å²) >= 11 is 5.70. The number of Topliss-reactive ketones (excluding diaryl/α,β-unsaturated/α-hetero) is 1. The zero-order valence-electron chi connectivity index (χ0n) is 5.10. The number of aliphatic hydroxyl groups excluding tert-OH is 1. The predicted octanol–water partition coefficient (Wildman–Crippen LogP) is 1.58. The maximum atomic E-state index is 10.8. The number of halogens is 2. The van der Waals surface area contributed by atoms with Crippen molar-refractivity contribution in [3.05, 3.63) is 20.8 Å². The van der Waals surface area contributed by atoms with Gasteiger partial charge in [0.1, 0.15) is 10.2 Å². The van der Waals surface area contributed by atoms with Crippen molar-refractivity contribution in [3.8, 4) is 0 Å². The molecule has 1 aliphatic carbocycles. The molecule has 0 amide bonds. The zero-order chi connectivity index (χ0) is 8.59. The van der Waals surface area contributed by atoms with Crippen LogP contribution in [0.15, 0.2) is 20.8 Å². The van der Waals surface area contributed by atoms with Gasteiger partial charge in [0.05, 0.1) is 4.48 Å². The molecule has 1 N–H and O–H groups in total. The number of allylic oxidation sites excluding steroid dienone is 3.